The van der Waals surface area contributed by atoms with Crippen LogP contribution in [0.4, 0.5) is 10.1 Å². The maximum atomic E-state index is 13.9. The normalized spacial score (nSPS) is 27.9. The van der Waals surface area contributed by atoms with Crippen LogP contribution >= 0.6 is 0 Å². The van der Waals surface area contributed by atoms with E-state index in [0.29, 0.717) is 5.75 Å². The largest absolute Gasteiger partial charge is 0.493 e. The summed E-state index contributed by atoms with van der Waals surface area (Å²) in [4.78, 5) is 42.1. The Morgan fingerprint density at radius 1 is 1.28 bits per heavy atom. The number of anilines is 1. The second-order valence-corrected chi connectivity index (χ2v) is 8.66. The Bertz CT molecular complexity index is 1170. The van der Waals surface area contributed by atoms with Gasteiger partial charge < -0.3 is 19.7 Å². The van der Waals surface area contributed by atoms with Crippen molar-refractivity contribution < 1.29 is 28.2 Å². The Morgan fingerprint density at radius 2 is 2.06 bits per heavy atom. The number of hydrogen-bond acceptors (Lipinski definition) is 5. The smallest absolute Gasteiger partial charge is 0.312 e. The number of nitrogens with zero attached hydrogens (tertiary/aromatic N) is 1. The van der Waals surface area contributed by atoms with Crippen LogP contribution in [0.5, 0.6) is 5.75 Å². The SMILES string of the molecule is CCOC(=O)C1C2COc3ccc(C)cc3C2N2C(=O)c3ccc(F)cc3NC(=O)[C@@]12C. The fourth-order valence-electron chi connectivity index (χ4n) is 5.41. The van der Waals surface area contributed by atoms with Gasteiger partial charge in [0.05, 0.1) is 36.4 Å². The lowest BCUT2D eigenvalue weighted by molar-refractivity contribution is -0.155. The van der Waals surface area contributed by atoms with Gasteiger partial charge in [-0.05, 0) is 45.0 Å². The molecule has 166 valence electrons. The van der Waals surface area contributed by atoms with Crippen LogP contribution in [0, 0.1) is 24.6 Å². The van der Waals surface area contributed by atoms with Crippen molar-refractivity contribution in [2.24, 2.45) is 11.8 Å². The van der Waals surface area contributed by atoms with Crippen molar-refractivity contribution in [1.29, 1.82) is 0 Å². The van der Waals surface area contributed by atoms with Crippen molar-refractivity contribution in [2.45, 2.75) is 32.4 Å². The molecule has 3 unspecified atom stereocenters. The fraction of sp³-hybridized carbons (Fsp3) is 0.375. The van der Waals surface area contributed by atoms with Crippen LogP contribution in [-0.4, -0.2) is 41.4 Å². The van der Waals surface area contributed by atoms with Gasteiger partial charge >= 0.3 is 5.97 Å². The number of benzene rings is 2. The maximum absolute atomic E-state index is 13.9. The van der Waals surface area contributed by atoms with Gasteiger partial charge in [-0.1, -0.05) is 17.7 Å². The number of esters is 1. The van der Waals surface area contributed by atoms with E-state index >= 15 is 0 Å². The molecule has 4 atom stereocenters. The Kier molecular flexibility index (Phi) is 4.51. The van der Waals surface area contributed by atoms with Crippen LogP contribution in [0.1, 0.15) is 41.4 Å². The van der Waals surface area contributed by atoms with E-state index in [4.69, 9.17) is 9.47 Å². The van der Waals surface area contributed by atoms with Crippen molar-refractivity contribution in [2.75, 3.05) is 18.5 Å². The summed E-state index contributed by atoms with van der Waals surface area (Å²) in [6.07, 6.45) is 0. The molecule has 3 aliphatic rings. The van der Waals surface area contributed by atoms with E-state index in [1.807, 2.05) is 25.1 Å². The van der Waals surface area contributed by atoms with Gasteiger partial charge in [-0.25, -0.2) is 4.39 Å². The van der Waals surface area contributed by atoms with Crippen LogP contribution in [0.3, 0.4) is 0 Å². The van der Waals surface area contributed by atoms with Crippen molar-refractivity contribution >= 4 is 23.5 Å². The summed E-state index contributed by atoms with van der Waals surface area (Å²) in [5.41, 5.74) is 0.413. The average molecular weight is 438 g/mol. The Morgan fingerprint density at radius 3 is 2.81 bits per heavy atom. The number of aryl methyl sites for hydroxylation is 1. The number of carbonyl (C=O) groups is 3. The van der Waals surface area contributed by atoms with Gasteiger partial charge in [-0.15, -0.1) is 0 Å². The second-order valence-electron chi connectivity index (χ2n) is 8.66. The maximum Gasteiger partial charge on any atom is 0.312 e. The number of ether oxygens (including phenoxy) is 2. The number of amides is 2. The molecule has 2 amide bonds. The number of rotatable bonds is 2. The van der Waals surface area contributed by atoms with Crippen LogP contribution < -0.4 is 10.1 Å². The fourth-order valence-corrected chi connectivity index (χ4v) is 5.41. The molecule has 32 heavy (non-hydrogen) atoms. The molecular formula is C24H23FN2O5. The minimum atomic E-state index is -1.55. The zero-order chi connectivity index (χ0) is 22.8. The first-order valence-corrected chi connectivity index (χ1v) is 10.6. The molecule has 2 aromatic carbocycles. The Balaban J connectivity index is 1.76. The van der Waals surface area contributed by atoms with Crippen molar-refractivity contribution in [3.8, 4) is 5.75 Å². The van der Waals surface area contributed by atoms with E-state index in [-0.39, 0.29) is 24.5 Å². The molecule has 3 aliphatic heterocycles. The highest BCUT2D eigenvalue weighted by atomic mass is 19.1. The summed E-state index contributed by atoms with van der Waals surface area (Å²) in [6.45, 7) is 5.50. The van der Waals surface area contributed by atoms with Crippen molar-refractivity contribution in [3.63, 3.8) is 0 Å². The number of carbonyl (C=O) groups excluding carboxylic acids is 3. The minimum absolute atomic E-state index is 0.0892. The van der Waals surface area contributed by atoms with E-state index in [9.17, 15) is 18.8 Å². The highest BCUT2D eigenvalue weighted by Crippen LogP contribution is 2.56. The first-order chi connectivity index (χ1) is 15.3. The predicted octanol–water partition coefficient (Wildman–Crippen LogP) is 3.23. The molecule has 0 aromatic heterocycles. The summed E-state index contributed by atoms with van der Waals surface area (Å²) in [7, 11) is 0. The summed E-state index contributed by atoms with van der Waals surface area (Å²) in [6, 6.07) is 8.75. The van der Waals surface area contributed by atoms with E-state index in [1.165, 1.54) is 17.0 Å². The molecule has 5 rings (SSSR count). The standard InChI is InChI=1S/C24H23FN2O5/c1-4-31-22(29)19-16-11-32-18-8-5-12(2)9-15(18)20(16)27-21(28)14-7-6-13(25)10-17(14)26-23(30)24(19,27)3/h5-10,16,19-20H,4,11H2,1-3H3,(H,26,30)/t16?,19?,20?,24-/m1/s1. The summed E-state index contributed by atoms with van der Waals surface area (Å²) < 4.78 is 25.2. The quantitative estimate of drug-likeness (QED) is 0.728. The molecule has 3 heterocycles. The van der Waals surface area contributed by atoms with Gasteiger partial charge in [-0.2, -0.15) is 0 Å². The van der Waals surface area contributed by atoms with E-state index in [1.54, 1.807) is 13.8 Å². The zero-order valence-corrected chi connectivity index (χ0v) is 18.0. The Labute approximate surface area is 184 Å². The lowest BCUT2D eigenvalue weighted by Crippen LogP contribution is -2.57. The molecule has 1 fully saturated rings. The minimum Gasteiger partial charge on any atom is -0.493 e. The first kappa shape index (κ1) is 20.5. The molecule has 8 heteroatoms. The zero-order valence-electron chi connectivity index (χ0n) is 18.0. The molecule has 0 bridgehead atoms. The van der Waals surface area contributed by atoms with E-state index < -0.39 is 47.0 Å². The number of halogens is 1. The summed E-state index contributed by atoms with van der Waals surface area (Å²) in [5.74, 6) is -2.97. The van der Waals surface area contributed by atoms with Crippen molar-refractivity contribution in [3.05, 3.63) is 58.9 Å². The highest BCUT2D eigenvalue weighted by Gasteiger charge is 2.67. The molecule has 2 aromatic rings. The third kappa shape index (κ3) is 2.68. The van der Waals surface area contributed by atoms with Gasteiger partial charge in [0.25, 0.3) is 11.8 Å². The topological polar surface area (TPSA) is 84.9 Å². The first-order valence-electron chi connectivity index (χ1n) is 10.6. The Hall–Kier alpha value is -3.42. The molecule has 0 saturated carbocycles. The lowest BCUT2D eigenvalue weighted by Gasteiger charge is -2.38. The monoisotopic (exact) mass is 438 g/mol. The predicted molar refractivity (Wildman–Crippen MR) is 113 cm³/mol. The molecule has 0 aliphatic carbocycles. The van der Waals surface area contributed by atoms with Gasteiger partial charge in [0.1, 0.15) is 17.1 Å². The molecule has 1 N–H and O–H groups in total. The second kappa shape index (κ2) is 7.05. The van der Waals surface area contributed by atoms with Gasteiger partial charge in [0, 0.05) is 11.5 Å². The van der Waals surface area contributed by atoms with Crippen LogP contribution in [0.2, 0.25) is 0 Å². The molecule has 7 nitrogen and oxygen atoms in total. The number of fused-ring (bicyclic) bond motifs is 6. The highest BCUT2D eigenvalue weighted by molar-refractivity contribution is 6.13. The molecule has 1 saturated heterocycles. The van der Waals surface area contributed by atoms with E-state index in [0.717, 1.165) is 17.2 Å². The van der Waals surface area contributed by atoms with Crippen LogP contribution in [0.25, 0.3) is 0 Å². The van der Waals surface area contributed by atoms with E-state index in [2.05, 4.69) is 5.32 Å². The van der Waals surface area contributed by atoms with Gasteiger partial charge in [0.2, 0.25) is 0 Å². The lowest BCUT2D eigenvalue weighted by atomic mass is 9.77. The van der Waals surface area contributed by atoms with Gasteiger partial charge in [0.15, 0.2) is 0 Å². The summed E-state index contributed by atoms with van der Waals surface area (Å²) in [5, 5.41) is 2.69. The third-order valence-electron chi connectivity index (χ3n) is 6.81. The summed E-state index contributed by atoms with van der Waals surface area (Å²) >= 11 is 0. The number of nitrogens with one attached hydrogen (secondary N) is 1. The van der Waals surface area contributed by atoms with Gasteiger partial charge in [-0.3, -0.25) is 14.4 Å². The molecule has 0 spiro atoms. The van der Waals surface area contributed by atoms with Crippen LogP contribution in [-0.2, 0) is 14.3 Å². The van der Waals surface area contributed by atoms with Crippen molar-refractivity contribution in [1.82, 2.24) is 4.90 Å². The number of hydrogen-bond donors (Lipinski definition) is 1. The molecular weight excluding hydrogens is 415 g/mol. The van der Waals surface area contributed by atoms with Crippen LogP contribution in [0.15, 0.2) is 36.4 Å². The molecule has 0 radical (unpaired) electrons. The third-order valence-corrected chi connectivity index (χ3v) is 6.81. The average Bonchev–Trinajstić information content (AvgIpc) is 2.99.